The van der Waals surface area contributed by atoms with Gasteiger partial charge in [-0.15, -0.1) is 0 Å². The van der Waals surface area contributed by atoms with Gasteiger partial charge in [-0.05, 0) is 43.5 Å². The van der Waals surface area contributed by atoms with E-state index in [1.807, 2.05) is 7.05 Å². The number of likely N-dealkylation sites (N-methyl/N-ethyl adjacent to an activating group) is 1. The van der Waals surface area contributed by atoms with Crippen LogP contribution < -0.4 is 5.73 Å². The van der Waals surface area contributed by atoms with Gasteiger partial charge in [0.05, 0.1) is 6.61 Å². The lowest BCUT2D eigenvalue weighted by molar-refractivity contribution is 0.102. The van der Waals surface area contributed by atoms with E-state index in [0.717, 1.165) is 31.2 Å². The summed E-state index contributed by atoms with van der Waals surface area (Å²) < 4.78 is 18.8. The molecule has 3 nitrogen and oxygen atoms in total. The topological polar surface area (TPSA) is 38.5 Å². The van der Waals surface area contributed by atoms with Gasteiger partial charge in [0.25, 0.3) is 0 Å². The molecule has 0 spiro atoms. The Morgan fingerprint density at radius 1 is 1.50 bits per heavy atom. The summed E-state index contributed by atoms with van der Waals surface area (Å²) in [5, 5.41) is 0. The second kappa shape index (κ2) is 7.11. The molecular weight excluding hydrogens is 275 g/mol. The van der Waals surface area contributed by atoms with Crippen LogP contribution >= 0.6 is 12.2 Å². The summed E-state index contributed by atoms with van der Waals surface area (Å²) in [7, 11) is 2.01. The normalized spacial score (nSPS) is 14.8. The highest BCUT2D eigenvalue weighted by molar-refractivity contribution is 7.80. The molecule has 1 aromatic rings. The van der Waals surface area contributed by atoms with Crippen molar-refractivity contribution >= 4 is 17.2 Å². The van der Waals surface area contributed by atoms with Crippen LogP contribution in [0.4, 0.5) is 4.39 Å². The molecule has 0 radical (unpaired) electrons. The zero-order chi connectivity index (χ0) is 14.5. The molecule has 0 aromatic heterocycles. The number of hydrogen-bond acceptors (Lipinski definition) is 3. The van der Waals surface area contributed by atoms with Crippen LogP contribution in [-0.4, -0.2) is 36.7 Å². The van der Waals surface area contributed by atoms with Gasteiger partial charge in [0.2, 0.25) is 0 Å². The molecule has 1 aromatic carbocycles. The predicted octanol–water partition coefficient (Wildman–Crippen LogP) is 2.32. The first-order valence-electron chi connectivity index (χ1n) is 6.91. The lowest BCUT2D eigenvalue weighted by Gasteiger charge is -2.18. The minimum Gasteiger partial charge on any atom is -0.389 e. The Balaban J connectivity index is 1.82. The predicted molar refractivity (Wildman–Crippen MR) is 82.2 cm³/mol. The minimum atomic E-state index is -0.313. The second-order valence-electron chi connectivity index (χ2n) is 5.42. The molecule has 0 aliphatic heterocycles. The number of nitrogens with two attached hydrogens (primary N) is 1. The summed E-state index contributed by atoms with van der Waals surface area (Å²) in [4.78, 5) is 2.36. The van der Waals surface area contributed by atoms with Crippen molar-refractivity contribution in [2.75, 3.05) is 26.8 Å². The highest BCUT2D eigenvalue weighted by Gasteiger charge is 2.21. The average Bonchev–Trinajstić information content (AvgIpc) is 3.21. The first kappa shape index (κ1) is 15.4. The Bertz CT molecular complexity index is 477. The van der Waals surface area contributed by atoms with Crippen molar-refractivity contribution in [3.63, 3.8) is 0 Å². The average molecular weight is 296 g/mol. The fourth-order valence-electron chi connectivity index (χ4n) is 2.04. The first-order valence-corrected chi connectivity index (χ1v) is 7.31. The van der Waals surface area contributed by atoms with E-state index < -0.39 is 0 Å². The summed E-state index contributed by atoms with van der Waals surface area (Å²) in [6, 6.07) is 4.58. The molecule has 5 heteroatoms. The van der Waals surface area contributed by atoms with Crippen molar-refractivity contribution in [1.82, 2.24) is 4.90 Å². The largest absolute Gasteiger partial charge is 0.389 e. The first-order chi connectivity index (χ1) is 9.56. The SMILES string of the molecule is CN(CCOCC1CC1)Cc1ccc(F)cc1C(N)=S. The van der Waals surface area contributed by atoms with E-state index in [4.69, 9.17) is 22.7 Å². The molecule has 0 unspecified atom stereocenters. The third kappa shape index (κ3) is 4.81. The number of hydrogen-bond donors (Lipinski definition) is 1. The Labute approximate surface area is 124 Å². The number of benzene rings is 1. The van der Waals surface area contributed by atoms with Crippen LogP contribution in [0.2, 0.25) is 0 Å². The summed E-state index contributed by atoms with van der Waals surface area (Å²) in [5.74, 6) is 0.477. The molecule has 0 heterocycles. The molecule has 1 aliphatic carbocycles. The number of rotatable bonds is 8. The van der Waals surface area contributed by atoms with Gasteiger partial charge in [-0.3, -0.25) is 4.90 Å². The maximum absolute atomic E-state index is 13.2. The van der Waals surface area contributed by atoms with Crippen molar-refractivity contribution in [3.8, 4) is 0 Å². The summed E-state index contributed by atoms with van der Waals surface area (Å²) >= 11 is 4.97. The maximum Gasteiger partial charge on any atom is 0.123 e. The molecule has 1 fully saturated rings. The van der Waals surface area contributed by atoms with Crippen LogP contribution in [0.3, 0.4) is 0 Å². The molecule has 0 saturated heterocycles. The van der Waals surface area contributed by atoms with Crippen LogP contribution in [0.15, 0.2) is 18.2 Å². The molecule has 0 atom stereocenters. The van der Waals surface area contributed by atoms with E-state index in [0.29, 0.717) is 12.1 Å². The van der Waals surface area contributed by atoms with Gasteiger partial charge in [0.15, 0.2) is 0 Å². The minimum absolute atomic E-state index is 0.234. The number of halogens is 1. The van der Waals surface area contributed by atoms with E-state index in [-0.39, 0.29) is 10.8 Å². The highest BCUT2D eigenvalue weighted by atomic mass is 32.1. The third-order valence-corrected chi connectivity index (χ3v) is 3.67. The zero-order valence-corrected chi connectivity index (χ0v) is 12.6. The molecule has 110 valence electrons. The smallest absolute Gasteiger partial charge is 0.123 e. The Morgan fingerprint density at radius 2 is 2.25 bits per heavy atom. The number of thiocarbonyl (C=S) groups is 1. The van der Waals surface area contributed by atoms with E-state index in [9.17, 15) is 4.39 Å². The van der Waals surface area contributed by atoms with Gasteiger partial charge in [-0.25, -0.2) is 4.39 Å². The standard InChI is InChI=1S/C15H21FN2OS/c1-18(6-7-19-10-11-2-3-11)9-12-4-5-13(16)8-14(12)15(17)20/h4-5,8,11H,2-3,6-7,9-10H2,1H3,(H2,17,20). The van der Waals surface area contributed by atoms with Crippen LogP contribution in [0.1, 0.15) is 24.0 Å². The van der Waals surface area contributed by atoms with Gasteiger partial charge in [-0.2, -0.15) is 0 Å². The van der Waals surface area contributed by atoms with E-state index >= 15 is 0 Å². The molecule has 2 N–H and O–H groups in total. The third-order valence-electron chi connectivity index (χ3n) is 3.45. The van der Waals surface area contributed by atoms with Crippen LogP contribution in [0.5, 0.6) is 0 Å². The van der Waals surface area contributed by atoms with Crippen molar-refractivity contribution in [2.45, 2.75) is 19.4 Å². The fraction of sp³-hybridized carbons (Fsp3) is 0.533. The highest BCUT2D eigenvalue weighted by Crippen LogP contribution is 2.28. The molecule has 20 heavy (non-hydrogen) atoms. The summed E-state index contributed by atoms with van der Waals surface area (Å²) in [5.41, 5.74) is 7.21. The van der Waals surface area contributed by atoms with Crippen molar-refractivity contribution in [2.24, 2.45) is 11.7 Å². The number of ether oxygens (including phenoxy) is 1. The monoisotopic (exact) mass is 296 g/mol. The zero-order valence-electron chi connectivity index (χ0n) is 11.8. The van der Waals surface area contributed by atoms with E-state index in [2.05, 4.69) is 4.90 Å². The fourth-order valence-corrected chi connectivity index (χ4v) is 2.23. The van der Waals surface area contributed by atoms with Gasteiger partial charge < -0.3 is 10.5 Å². The maximum atomic E-state index is 13.2. The van der Waals surface area contributed by atoms with Crippen molar-refractivity contribution < 1.29 is 9.13 Å². The lowest BCUT2D eigenvalue weighted by atomic mass is 10.1. The molecule has 0 bridgehead atoms. The lowest BCUT2D eigenvalue weighted by Crippen LogP contribution is -2.25. The molecule has 1 saturated carbocycles. The Hall–Kier alpha value is -1.04. The van der Waals surface area contributed by atoms with E-state index in [1.165, 1.54) is 25.0 Å². The van der Waals surface area contributed by atoms with Crippen LogP contribution in [0.25, 0.3) is 0 Å². The Morgan fingerprint density at radius 3 is 2.90 bits per heavy atom. The van der Waals surface area contributed by atoms with Gasteiger partial charge in [0.1, 0.15) is 10.8 Å². The summed E-state index contributed by atoms with van der Waals surface area (Å²) in [6.07, 6.45) is 2.62. The number of nitrogens with zero attached hydrogens (tertiary/aromatic N) is 1. The Kier molecular flexibility index (Phi) is 5.46. The second-order valence-corrected chi connectivity index (χ2v) is 5.86. The van der Waals surface area contributed by atoms with Crippen LogP contribution in [0, 0.1) is 11.7 Å². The molecule has 0 amide bonds. The van der Waals surface area contributed by atoms with Gasteiger partial charge in [-0.1, -0.05) is 18.3 Å². The summed E-state index contributed by atoms with van der Waals surface area (Å²) in [6.45, 7) is 3.11. The molecule has 1 aliphatic rings. The van der Waals surface area contributed by atoms with Gasteiger partial charge >= 0.3 is 0 Å². The van der Waals surface area contributed by atoms with Crippen molar-refractivity contribution in [1.29, 1.82) is 0 Å². The van der Waals surface area contributed by atoms with E-state index in [1.54, 1.807) is 6.07 Å². The van der Waals surface area contributed by atoms with Crippen molar-refractivity contribution in [3.05, 3.63) is 35.1 Å². The van der Waals surface area contributed by atoms with Gasteiger partial charge in [0, 0.05) is 25.3 Å². The molecule has 2 rings (SSSR count). The molecular formula is C15H21FN2OS. The quantitative estimate of drug-likeness (QED) is 0.590. The van der Waals surface area contributed by atoms with Crippen LogP contribution in [-0.2, 0) is 11.3 Å².